The minimum Gasteiger partial charge on any atom is -0.399 e. The Labute approximate surface area is 118 Å². The van der Waals surface area contributed by atoms with Crippen molar-refractivity contribution in [2.75, 3.05) is 25.4 Å². The molecule has 1 saturated heterocycles. The van der Waals surface area contributed by atoms with E-state index in [1.807, 2.05) is 11.8 Å². The highest BCUT2D eigenvalue weighted by molar-refractivity contribution is 6.31. The third-order valence-corrected chi connectivity index (χ3v) is 3.52. The van der Waals surface area contributed by atoms with Crippen molar-refractivity contribution in [3.63, 3.8) is 0 Å². The van der Waals surface area contributed by atoms with E-state index in [0.29, 0.717) is 16.3 Å². The first kappa shape index (κ1) is 14.2. The number of carbonyl (C=O) groups excluding carboxylic acids is 1. The predicted octanol–water partition coefficient (Wildman–Crippen LogP) is 2.56. The minimum atomic E-state index is -0.0100. The van der Waals surface area contributed by atoms with Gasteiger partial charge in [-0.3, -0.25) is 4.79 Å². The summed E-state index contributed by atoms with van der Waals surface area (Å²) in [6, 6.07) is 4.97. The van der Waals surface area contributed by atoms with Crippen molar-refractivity contribution >= 4 is 23.2 Å². The first-order valence-electron chi connectivity index (χ1n) is 6.57. The van der Waals surface area contributed by atoms with Gasteiger partial charge in [0.1, 0.15) is 0 Å². The Balaban J connectivity index is 2.01. The predicted molar refractivity (Wildman–Crippen MR) is 76.4 cm³/mol. The Morgan fingerprint density at radius 2 is 2.11 bits per heavy atom. The second kappa shape index (κ2) is 6.26. The molecule has 0 unspecified atom stereocenters. The number of nitrogens with zero attached hydrogens (tertiary/aromatic N) is 1. The van der Waals surface area contributed by atoms with E-state index in [1.165, 1.54) is 0 Å². The average molecular weight is 283 g/mol. The minimum absolute atomic E-state index is 0.0100. The summed E-state index contributed by atoms with van der Waals surface area (Å²) in [6.45, 7) is 4.15. The number of rotatable bonds is 3. The fourth-order valence-corrected chi connectivity index (χ4v) is 2.62. The SMILES string of the molecule is CCOC1CCN(C(=O)c2cc(N)cc(Cl)c2)CC1. The smallest absolute Gasteiger partial charge is 0.253 e. The fourth-order valence-electron chi connectivity index (χ4n) is 2.38. The summed E-state index contributed by atoms with van der Waals surface area (Å²) in [5, 5.41) is 0.493. The van der Waals surface area contributed by atoms with Gasteiger partial charge in [-0.05, 0) is 38.0 Å². The van der Waals surface area contributed by atoms with Crippen LogP contribution in [0.15, 0.2) is 18.2 Å². The van der Waals surface area contributed by atoms with Crippen LogP contribution in [0.1, 0.15) is 30.1 Å². The van der Waals surface area contributed by atoms with E-state index >= 15 is 0 Å². The van der Waals surface area contributed by atoms with Crippen molar-refractivity contribution in [1.82, 2.24) is 4.90 Å². The maximum absolute atomic E-state index is 12.3. The van der Waals surface area contributed by atoms with Crippen LogP contribution in [0.5, 0.6) is 0 Å². The average Bonchev–Trinajstić information content (AvgIpc) is 2.38. The number of hydrogen-bond donors (Lipinski definition) is 1. The molecule has 1 aliphatic rings. The number of nitrogen functional groups attached to an aromatic ring is 1. The first-order valence-corrected chi connectivity index (χ1v) is 6.95. The van der Waals surface area contributed by atoms with E-state index in [9.17, 15) is 4.79 Å². The molecule has 0 radical (unpaired) electrons. The van der Waals surface area contributed by atoms with Crippen LogP contribution in [-0.2, 0) is 4.74 Å². The molecule has 4 nitrogen and oxygen atoms in total. The van der Waals surface area contributed by atoms with Crippen LogP contribution in [0.3, 0.4) is 0 Å². The largest absolute Gasteiger partial charge is 0.399 e. The lowest BCUT2D eigenvalue weighted by atomic mass is 10.1. The summed E-state index contributed by atoms with van der Waals surface area (Å²) >= 11 is 5.93. The summed E-state index contributed by atoms with van der Waals surface area (Å²) < 4.78 is 5.58. The van der Waals surface area contributed by atoms with E-state index in [1.54, 1.807) is 18.2 Å². The van der Waals surface area contributed by atoms with E-state index in [2.05, 4.69) is 0 Å². The number of likely N-dealkylation sites (tertiary alicyclic amines) is 1. The number of benzene rings is 1. The highest BCUT2D eigenvalue weighted by atomic mass is 35.5. The van der Waals surface area contributed by atoms with Gasteiger partial charge in [0.05, 0.1) is 6.10 Å². The molecule has 1 amide bonds. The van der Waals surface area contributed by atoms with E-state index in [4.69, 9.17) is 22.1 Å². The van der Waals surface area contributed by atoms with Gasteiger partial charge in [0.2, 0.25) is 0 Å². The van der Waals surface area contributed by atoms with Crippen molar-refractivity contribution < 1.29 is 9.53 Å². The van der Waals surface area contributed by atoms with Crippen LogP contribution < -0.4 is 5.73 Å². The van der Waals surface area contributed by atoms with Crippen molar-refractivity contribution in [1.29, 1.82) is 0 Å². The third kappa shape index (κ3) is 3.61. The van der Waals surface area contributed by atoms with Crippen molar-refractivity contribution in [2.24, 2.45) is 0 Å². The second-order valence-corrected chi connectivity index (χ2v) is 5.16. The summed E-state index contributed by atoms with van der Waals surface area (Å²) in [7, 11) is 0. The van der Waals surface area contributed by atoms with Gasteiger partial charge in [0.25, 0.3) is 5.91 Å². The normalized spacial score (nSPS) is 16.6. The molecule has 2 N–H and O–H groups in total. The number of nitrogens with two attached hydrogens (primary N) is 1. The van der Waals surface area contributed by atoms with Crippen LogP contribution in [0.2, 0.25) is 5.02 Å². The number of piperidine rings is 1. The Bertz CT molecular complexity index is 437. The van der Waals surface area contributed by atoms with Gasteiger partial charge >= 0.3 is 0 Å². The number of carbonyl (C=O) groups is 1. The van der Waals surface area contributed by atoms with Gasteiger partial charge in [0.15, 0.2) is 0 Å². The first-order chi connectivity index (χ1) is 9.10. The summed E-state index contributed by atoms with van der Waals surface area (Å²) in [6.07, 6.45) is 2.05. The number of anilines is 1. The van der Waals surface area contributed by atoms with Gasteiger partial charge in [-0.25, -0.2) is 0 Å². The maximum atomic E-state index is 12.3. The zero-order chi connectivity index (χ0) is 13.8. The topological polar surface area (TPSA) is 55.6 Å². The highest BCUT2D eigenvalue weighted by Gasteiger charge is 2.24. The molecular weight excluding hydrogens is 264 g/mol. The third-order valence-electron chi connectivity index (χ3n) is 3.30. The fraction of sp³-hybridized carbons (Fsp3) is 0.500. The number of amides is 1. The number of halogens is 1. The summed E-state index contributed by atoms with van der Waals surface area (Å²) in [5.41, 5.74) is 6.78. The molecule has 1 aromatic rings. The van der Waals surface area contributed by atoms with Crippen LogP contribution in [-0.4, -0.2) is 36.6 Å². The van der Waals surface area contributed by atoms with Crippen molar-refractivity contribution in [2.45, 2.75) is 25.9 Å². The molecule has 0 aliphatic carbocycles. The molecule has 0 atom stereocenters. The molecule has 1 aromatic carbocycles. The maximum Gasteiger partial charge on any atom is 0.253 e. The molecule has 2 rings (SSSR count). The zero-order valence-electron chi connectivity index (χ0n) is 11.1. The standard InChI is InChI=1S/C14H19ClN2O2/c1-2-19-13-3-5-17(6-4-13)14(18)10-7-11(15)9-12(16)8-10/h7-9,13H,2-6,16H2,1H3. The van der Waals surface area contributed by atoms with Crippen LogP contribution in [0, 0.1) is 0 Å². The van der Waals surface area contributed by atoms with Gasteiger partial charge < -0.3 is 15.4 Å². The van der Waals surface area contributed by atoms with Gasteiger partial charge in [-0.1, -0.05) is 11.6 Å². The van der Waals surface area contributed by atoms with Crippen LogP contribution >= 0.6 is 11.6 Å². The highest BCUT2D eigenvalue weighted by Crippen LogP contribution is 2.20. The molecule has 104 valence electrons. The van der Waals surface area contributed by atoms with Crippen molar-refractivity contribution in [3.8, 4) is 0 Å². The molecule has 0 saturated carbocycles. The second-order valence-electron chi connectivity index (χ2n) is 4.72. The van der Waals surface area contributed by atoms with E-state index in [-0.39, 0.29) is 12.0 Å². The Morgan fingerprint density at radius 3 is 2.68 bits per heavy atom. The summed E-state index contributed by atoms with van der Waals surface area (Å²) in [5.74, 6) is -0.0100. The molecule has 5 heteroatoms. The van der Waals surface area contributed by atoms with E-state index in [0.717, 1.165) is 32.5 Å². The monoisotopic (exact) mass is 282 g/mol. The zero-order valence-corrected chi connectivity index (χ0v) is 11.8. The lowest BCUT2D eigenvalue weighted by Crippen LogP contribution is -2.40. The lowest BCUT2D eigenvalue weighted by molar-refractivity contribution is 0.0146. The molecule has 19 heavy (non-hydrogen) atoms. The van der Waals surface area contributed by atoms with Gasteiger partial charge in [-0.15, -0.1) is 0 Å². The molecule has 1 aliphatic heterocycles. The van der Waals surface area contributed by atoms with Crippen molar-refractivity contribution in [3.05, 3.63) is 28.8 Å². The van der Waals surface area contributed by atoms with Gasteiger partial charge in [0, 0.05) is 36.0 Å². The molecule has 0 aromatic heterocycles. The molecule has 0 spiro atoms. The Morgan fingerprint density at radius 1 is 1.42 bits per heavy atom. The summed E-state index contributed by atoms with van der Waals surface area (Å²) in [4.78, 5) is 14.2. The van der Waals surface area contributed by atoms with Crippen LogP contribution in [0.4, 0.5) is 5.69 Å². The van der Waals surface area contributed by atoms with Gasteiger partial charge in [-0.2, -0.15) is 0 Å². The van der Waals surface area contributed by atoms with E-state index < -0.39 is 0 Å². The molecule has 1 fully saturated rings. The Hall–Kier alpha value is -1.26. The number of hydrogen-bond acceptors (Lipinski definition) is 3. The molecule has 0 bridgehead atoms. The number of ether oxygens (including phenoxy) is 1. The molecular formula is C14H19ClN2O2. The lowest BCUT2D eigenvalue weighted by Gasteiger charge is -2.31. The quantitative estimate of drug-likeness (QED) is 0.867. The Kier molecular flexibility index (Phi) is 4.66. The van der Waals surface area contributed by atoms with Crippen LogP contribution in [0.25, 0.3) is 0 Å². The molecule has 1 heterocycles.